The van der Waals surface area contributed by atoms with Crippen LogP contribution >= 0.6 is 0 Å². The Labute approximate surface area is 138 Å². The van der Waals surface area contributed by atoms with Crippen molar-refractivity contribution in [3.8, 4) is 0 Å². The van der Waals surface area contributed by atoms with E-state index in [1.54, 1.807) is 6.20 Å². The Kier molecular flexibility index (Phi) is 5.28. The molecule has 2 aliphatic rings. The molecule has 5 heteroatoms. The first-order chi connectivity index (χ1) is 11.1. The first kappa shape index (κ1) is 16.4. The van der Waals surface area contributed by atoms with Gasteiger partial charge in [-0.25, -0.2) is 0 Å². The number of aromatic nitrogens is 1. The number of hydrogen-bond acceptors (Lipinski definition) is 4. The van der Waals surface area contributed by atoms with Gasteiger partial charge in [-0.3, -0.25) is 14.7 Å². The predicted octanol–water partition coefficient (Wildman–Crippen LogP) is 2.01. The Morgan fingerprint density at radius 3 is 3.00 bits per heavy atom. The maximum atomic E-state index is 12.2. The summed E-state index contributed by atoms with van der Waals surface area (Å²) >= 11 is 0. The second-order valence-corrected chi connectivity index (χ2v) is 6.92. The molecular formula is C18H27N3O2. The molecule has 1 aromatic heterocycles. The lowest BCUT2D eigenvalue weighted by atomic mass is 9.94. The van der Waals surface area contributed by atoms with Crippen molar-refractivity contribution < 1.29 is 9.53 Å². The lowest BCUT2D eigenvalue weighted by molar-refractivity contribution is -0.132. The van der Waals surface area contributed by atoms with Gasteiger partial charge >= 0.3 is 0 Å². The minimum atomic E-state index is -0.355. The molecule has 0 bridgehead atoms. The zero-order valence-corrected chi connectivity index (χ0v) is 14.1. The number of hydrogen-bond donors (Lipinski definition) is 1. The van der Waals surface area contributed by atoms with Gasteiger partial charge in [-0.15, -0.1) is 0 Å². The number of likely N-dealkylation sites (tertiary alicyclic amines) is 1. The minimum absolute atomic E-state index is 0.00476. The van der Waals surface area contributed by atoms with Crippen LogP contribution in [0.1, 0.15) is 37.8 Å². The van der Waals surface area contributed by atoms with E-state index in [0.717, 1.165) is 19.6 Å². The molecule has 3 atom stereocenters. The van der Waals surface area contributed by atoms with Gasteiger partial charge in [0.1, 0.15) is 6.10 Å². The number of nitrogens with zero attached hydrogens (tertiary/aromatic N) is 2. The number of carbonyl (C=O) groups is 1. The van der Waals surface area contributed by atoms with Crippen LogP contribution in [0.3, 0.4) is 0 Å². The normalized spacial score (nSPS) is 26.2. The number of rotatable bonds is 7. The Morgan fingerprint density at radius 1 is 1.48 bits per heavy atom. The molecule has 0 unspecified atom stereocenters. The standard InChI is InChI=1S/C18H27N3O2/c1-13(23-12-14-5-6-14)18(22)20-11-16-7-9-21(2)17(16)15-4-3-8-19-10-15/h3-4,8,10,13-14,16-17H,5-7,9,11-12H2,1-2H3,(H,20,22)/t13-,16+,17+/m1/s1. The van der Waals surface area contributed by atoms with Gasteiger partial charge in [0, 0.05) is 25.0 Å². The van der Waals surface area contributed by atoms with E-state index >= 15 is 0 Å². The Morgan fingerprint density at radius 2 is 2.30 bits per heavy atom. The molecule has 0 radical (unpaired) electrons. The summed E-state index contributed by atoms with van der Waals surface area (Å²) in [5.74, 6) is 1.11. The summed E-state index contributed by atoms with van der Waals surface area (Å²) in [6, 6.07) is 4.42. The highest BCUT2D eigenvalue weighted by Crippen LogP contribution is 2.35. The Hall–Kier alpha value is -1.46. The van der Waals surface area contributed by atoms with Crippen molar-refractivity contribution in [3.05, 3.63) is 30.1 Å². The van der Waals surface area contributed by atoms with Crippen molar-refractivity contribution in [2.24, 2.45) is 11.8 Å². The predicted molar refractivity (Wildman–Crippen MR) is 88.9 cm³/mol. The van der Waals surface area contributed by atoms with Gasteiger partial charge in [0.05, 0.1) is 6.61 Å². The minimum Gasteiger partial charge on any atom is -0.368 e. The average molecular weight is 317 g/mol. The van der Waals surface area contributed by atoms with Gasteiger partial charge in [0.15, 0.2) is 0 Å². The van der Waals surface area contributed by atoms with Gasteiger partial charge in [0.25, 0.3) is 0 Å². The van der Waals surface area contributed by atoms with Crippen molar-refractivity contribution in [2.45, 2.75) is 38.3 Å². The summed E-state index contributed by atoms with van der Waals surface area (Å²) in [6.45, 7) is 4.31. The van der Waals surface area contributed by atoms with Gasteiger partial charge in [0.2, 0.25) is 5.91 Å². The van der Waals surface area contributed by atoms with Gasteiger partial charge in [-0.1, -0.05) is 6.07 Å². The van der Waals surface area contributed by atoms with Gasteiger partial charge < -0.3 is 10.1 Å². The summed E-state index contributed by atoms with van der Waals surface area (Å²) in [7, 11) is 2.14. The number of carbonyl (C=O) groups excluding carboxylic acids is 1. The lowest BCUT2D eigenvalue weighted by Gasteiger charge is -2.26. The molecule has 1 saturated heterocycles. The molecule has 126 valence electrons. The van der Waals surface area contributed by atoms with E-state index in [1.165, 1.54) is 18.4 Å². The molecule has 5 nitrogen and oxygen atoms in total. The van der Waals surface area contributed by atoms with Crippen molar-refractivity contribution in [3.63, 3.8) is 0 Å². The summed E-state index contributed by atoms with van der Waals surface area (Å²) in [5.41, 5.74) is 1.23. The molecule has 1 saturated carbocycles. The summed E-state index contributed by atoms with van der Waals surface area (Å²) < 4.78 is 5.64. The summed E-state index contributed by atoms with van der Waals surface area (Å²) in [4.78, 5) is 18.8. The van der Waals surface area contributed by atoms with Crippen molar-refractivity contribution in [2.75, 3.05) is 26.7 Å². The topological polar surface area (TPSA) is 54.5 Å². The molecule has 1 aliphatic heterocycles. The molecule has 2 heterocycles. The maximum Gasteiger partial charge on any atom is 0.248 e. The lowest BCUT2D eigenvalue weighted by Crippen LogP contribution is -2.38. The Bertz CT molecular complexity index is 518. The third kappa shape index (κ3) is 4.30. The molecule has 3 rings (SSSR count). The van der Waals surface area contributed by atoms with E-state index in [-0.39, 0.29) is 12.0 Å². The van der Waals surface area contributed by atoms with Gasteiger partial charge in [-0.05, 0) is 63.2 Å². The van der Waals surface area contributed by atoms with E-state index in [0.29, 0.717) is 24.4 Å². The van der Waals surface area contributed by atoms with E-state index in [2.05, 4.69) is 28.3 Å². The van der Waals surface area contributed by atoms with Crippen LogP contribution in [0.15, 0.2) is 24.5 Å². The third-order valence-corrected chi connectivity index (χ3v) is 4.99. The fraction of sp³-hybridized carbons (Fsp3) is 0.667. The molecule has 23 heavy (non-hydrogen) atoms. The fourth-order valence-electron chi connectivity index (χ4n) is 3.33. The van der Waals surface area contributed by atoms with Crippen LogP contribution in [0, 0.1) is 11.8 Å². The fourth-order valence-corrected chi connectivity index (χ4v) is 3.33. The summed E-state index contributed by atoms with van der Waals surface area (Å²) in [5, 5.41) is 3.08. The first-order valence-corrected chi connectivity index (χ1v) is 8.64. The zero-order valence-electron chi connectivity index (χ0n) is 14.1. The second-order valence-electron chi connectivity index (χ2n) is 6.92. The van der Waals surface area contributed by atoms with Crippen LogP contribution in [0.4, 0.5) is 0 Å². The highest BCUT2D eigenvalue weighted by atomic mass is 16.5. The van der Waals surface area contributed by atoms with E-state index in [9.17, 15) is 4.79 Å². The van der Waals surface area contributed by atoms with E-state index in [4.69, 9.17) is 4.74 Å². The molecule has 1 amide bonds. The molecule has 0 spiro atoms. The molecular weight excluding hydrogens is 290 g/mol. The average Bonchev–Trinajstić information content (AvgIpc) is 3.33. The quantitative estimate of drug-likeness (QED) is 0.836. The molecule has 1 aliphatic carbocycles. The van der Waals surface area contributed by atoms with Crippen LogP contribution in [-0.4, -0.2) is 48.6 Å². The first-order valence-electron chi connectivity index (χ1n) is 8.64. The monoisotopic (exact) mass is 317 g/mol. The molecule has 0 aromatic carbocycles. The van der Waals surface area contributed by atoms with Crippen molar-refractivity contribution >= 4 is 5.91 Å². The van der Waals surface area contributed by atoms with E-state index < -0.39 is 0 Å². The molecule has 1 N–H and O–H groups in total. The van der Waals surface area contributed by atoms with Crippen LogP contribution in [0.5, 0.6) is 0 Å². The second kappa shape index (κ2) is 7.41. The summed E-state index contributed by atoms with van der Waals surface area (Å²) in [6.07, 6.45) is 6.96. The SMILES string of the molecule is C[C@@H](OCC1CC1)C(=O)NC[C@@H]1CCN(C)[C@H]1c1cccnc1. The van der Waals surface area contributed by atoms with Crippen molar-refractivity contribution in [1.29, 1.82) is 0 Å². The maximum absolute atomic E-state index is 12.2. The van der Waals surface area contributed by atoms with Crippen LogP contribution in [0.25, 0.3) is 0 Å². The number of amides is 1. The zero-order chi connectivity index (χ0) is 16.2. The molecule has 2 fully saturated rings. The number of nitrogens with one attached hydrogen (secondary N) is 1. The van der Waals surface area contributed by atoms with Crippen LogP contribution in [-0.2, 0) is 9.53 Å². The van der Waals surface area contributed by atoms with Gasteiger partial charge in [-0.2, -0.15) is 0 Å². The smallest absolute Gasteiger partial charge is 0.248 e. The highest BCUT2D eigenvalue weighted by molar-refractivity contribution is 5.80. The van der Waals surface area contributed by atoms with E-state index in [1.807, 2.05) is 19.2 Å². The Balaban J connectivity index is 1.51. The third-order valence-electron chi connectivity index (χ3n) is 4.99. The number of pyridine rings is 1. The number of ether oxygens (including phenoxy) is 1. The van der Waals surface area contributed by atoms with Crippen molar-refractivity contribution in [1.82, 2.24) is 15.2 Å². The van der Waals surface area contributed by atoms with Crippen LogP contribution < -0.4 is 5.32 Å². The highest BCUT2D eigenvalue weighted by Gasteiger charge is 2.33. The largest absolute Gasteiger partial charge is 0.368 e. The molecule has 1 aromatic rings. The van der Waals surface area contributed by atoms with Crippen LogP contribution in [0.2, 0.25) is 0 Å².